The van der Waals surface area contributed by atoms with Gasteiger partial charge in [0.1, 0.15) is 0 Å². The molecule has 4 nitrogen and oxygen atoms in total. The summed E-state index contributed by atoms with van der Waals surface area (Å²) in [6.45, 7) is 0. The van der Waals surface area contributed by atoms with E-state index in [2.05, 4.69) is 228 Å². The SMILES string of the molecule is c1ccc(-n2c3ccccc3c3cc(-c4ccc5c(c4)c4ccccc4n5-c4cccc(-c5nc(-c6ccc7ccccc7c6)nc6ccc7ccccc7c56)c4)ccc32)cc1. The van der Waals surface area contributed by atoms with E-state index < -0.39 is 0 Å². The summed E-state index contributed by atoms with van der Waals surface area (Å²) >= 11 is 0. The van der Waals surface area contributed by atoms with Crippen LogP contribution >= 0.6 is 0 Å². The number of rotatable bonds is 5. The van der Waals surface area contributed by atoms with Crippen LogP contribution in [-0.4, -0.2) is 19.1 Å². The van der Waals surface area contributed by atoms with E-state index in [-0.39, 0.29) is 0 Å². The summed E-state index contributed by atoms with van der Waals surface area (Å²) in [5.74, 6) is 0.714. The van der Waals surface area contributed by atoms with Gasteiger partial charge in [-0.05, 0) is 105 Å². The highest BCUT2D eigenvalue weighted by Gasteiger charge is 2.19. The summed E-state index contributed by atoms with van der Waals surface area (Å²) < 4.78 is 4.77. The highest BCUT2D eigenvalue weighted by atomic mass is 15.0. The van der Waals surface area contributed by atoms with Gasteiger partial charge in [-0.15, -0.1) is 0 Å². The Labute approximate surface area is 357 Å². The second-order valence-corrected chi connectivity index (χ2v) is 16.2. The van der Waals surface area contributed by atoms with Crippen LogP contribution in [0.1, 0.15) is 0 Å². The predicted molar refractivity (Wildman–Crippen MR) is 260 cm³/mol. The van der Waals surface area contributed by atoms with Crippen molar-refractivity contribution in [3.63, 3.8) is 0 Å². The van der Waals surface area contributed by atoms with E-state index in [4.69, 9.17) is 9.97 Å². The molecule has 0 saturated heterocycles. The van der Waals surface area contributed by atoms with Gasteiger partial charge in [-0.25, -0.2) is 9.97 Å². The van der Waals surface area contributed by atoms with Gasteiger partial charge < -0.3 is 9.13 Å². The van der Waals surface area contributed by atoms with Gasteiger partial charge in [-0.3, -0.25) is 0 Å². The molecule has 0 aliphatic rings. The summed E-state index contributed by atoms with van der Waals surface area (Å²) in [4.78, 5) is 10.6. The lowest BCUT2D eigenvalue weighted by molar-refractivity contribution is 1.18. The van der Waals surface area contributed by atoms with E-state index >= 15 is 0 Å². The molecule has 0 saturated carbocycles. The molecule has 3 heterocycles. The van der Waals surface area contributed by atoms with Crippen molar-refractivity contribution < 1.29 is 0 Å². The maximum Gasteiger partial charge on any atom is 0.160 e. The maximum absolute atomic E-state index is 5.43. The van der Waals surface area contributed by atoms with Crippen molar-refractivity contribution >= 4 is 76.1 Å². The minimum atomic E-state index is 0.714. The number of aromatic nitrogens is 4. The van der Waals surface area contributed by atoms with Crippen LogP contribution < -0.4 is 0 Å². The molecular weight excluding hydrogens is 753 g/mol. The Kier molecular flexibility index (Phi) is 7.57. The molecule has 288 valence electrons. The van der Waals surface area contributed by atoms with E-state index in [0.717, 1.165) is 55.5 Å². The summed E-state index contributed by atoms with van der Waals surface area (Å²) in [5.41, 5.74) is 13.2. The molecule has 0 radical (unpaired) electrons. The molecule has 0 aliphatic heterocycles. The normalized spacial score (nSPS) is 11.9. The molecule has 13 aromatic rings. The Hall–Kier alpha value is -8.34. The molecule has 10 aromatic carbocycles. The Balaban J connectivity index is 0.979. The van der Waals surface area contributed by atoms with E-state index in [9.17, 15) is 0 Å². The second-order valence-electron chi connectivity index (χ2n) is 16.2. The quantitative estimate of drug-likeness (QED) is 0.163. The zero-order valence-corrected chi connectivity index (χ0v) is 33.6. The molecule has 0 aliphatic carbocycles. The smallest absolute Gasteiger partial charge is 0.160 e. The fourth-order valence-electron chi connectivity index (χ4n) is 9.80. The van der Waals surface area contributed by atoms with E-state index in [1.165, 1.54) is 59.9 Å². The minimum absolute atomic E-state index is 0.714. The van der Waals surface area contributed by atoms with Crippen molar-refractivity contribution in [2.75, 3.05) is 0 Å². The topological polar surface area (TPSA) is 35.6 Å². The first-order chi connectivity index (χ1) is 30.7. The van der Waals surface area contributed by atoms with Gasteiger partial charge >= 0.3 is 0 Å². The molecule has 0 amide bonds. The molecule has 0 atom stereocenters. The van der Waals surface area contributed by atoms with Crippen molar-refractivity contribution in [3.05, 3.63) is 218 Å². The molecule has 0 unspecified atom stereocenters. The molecular formula is C58H36N4. The molecule has 62 heavy (non-hydrogen) atoms. The van der Waals surface area contributed by atoms with Crippen molar-refractivity contribution in [2.45, 2.75) is 0 Å². The van der Waals surface area contributed by atoms with Crippen LogP contribution in [0, 0.1) is 0 Å². The second kappa shape index (κ2) is 13.6. The summed E-state index contributed by atoms with van der Waals surface area (Å²) in [6, 6.07) is 78.7. The molecule has 0 N–H and O–H groups in total. The molecule has 4 heteroatoms. The van der Waals surface area contributed by atoms with Crippen molar-refractivity contribution in [1.29, 1.82) is 0 Å². The Morgan fingerprint density at radius 1 is 0.290 bits per heavy atom. The largest absolute Gasteiger partial charge is 0.309 e. The average molecular weight is 789 g/mol. The Bertz CT molecular complexity index is 3930. The van der Waals surface area contributed by atoms with Gasteiger partial charge in [-0.2, -0.15) is 0 Å². The molecule has 0 bridgehead atoms. The first kappa shape index (κ1) is 34.5. The molecule has 0 spiro atoms. The Morgan fingerprint density at radius 2 is 0.839 bits per heavy atom. The predicted octanol–water partition coefficient (Wildman–Crippen LogP) is 15.1. The average Bonchev–Trinajstić information content (AvgIpc) is 3.86. The zero-order valence-electron chi connectivity index (χ0n) is 33.6. The number of nitrogens with zero attached hydrogens (tertiary/aromatic N) is 4. The van der Waals surface area contributed by atoms with Gasteiger partial charge in [0, 0.05) is 49.4 Å². The fourth-order valence-corrected chi connectivity index (χ4v) is 9.80. The van der Waals surface area contributed by atoms with Crippen LogP contribution in [0.2, 0.25) is 0 Å². The lowest BCUT2D eigenvalue weighted by Gasteiger charge is -2.14. The minimum Gasteiger partial charge on any atom is -0.309 e. The van der Waals surface area contributed by atoms with Crippen molar-refractivity contribution in [2.24, 2.45) is 0 Å². The number of para-hydroxylation sites is 3. The standard InChI is InChI=1S/C58H36N4/c1-2-17-44(18-3-1)61-52-23-10-8-21-47(52)49-35-40(28-31-54(49)61)41-29-32-55-50(36-41)48-22-9-11-24-53(48)62(55)45-19-12-16-42(34-45)57-56-46-20-7-6-14-38(46)27-30-51(56)59-58(60-57)43-26-25-37-13-4-5-15-39(37)33-43/h1-36H. The van der Waals surface area contributed by atoms with E-state index in [1.807, 2.05) is 0 Å². The fraction of sp³-hybridized carbons (Fsp3) is 0. The molecule has 3 aromatic heterocycles. The van der Waals surface area contributed by atoms with Crippen LogP contribution in [0.4, 0.5) is 0 Å². The summed E-state index contributed by atoms with van der Waals surface area (Å²) in [6.07, 6.45) is 0. The monoisotopic (exact) mass is 788 g/mol. The highest BCUT2D eigenvalue weighted by molar-refractivity contribution is 6.14. The lowest BCUT2D eigenvalue weighted by atomic mass is 9.99. The summed E-state index contributed by atoms with van der Waals surface area (Å²) in [5, 5.41) is 10.7. The van der Waals surface area contributed by atoms with Gasteiger partial charge in [0.15, 0.2) is 5.82 Å². The van der Waals surface area contributed by atoms with Crippen LogP contribution in [0.3, 0.4) is 0 Å². The third-order valence-corrected chi connectivity index (χ3v) is 12.7. The third kappa shape index (κ3) is 5.33. The van der Waals surface area contributed by atoms with E-state index in [0.29, 0.717) is 5.82 Å². The number of benzene rings is 10. The maximum atomic E-state index is 5.43. The van der Waals surface area contributed by atoms with Gasteiger partial charge in [0.2, 0.25) is 0 Å². The van der Waals surface area contributed by atoms with Gasteiger partial charge in [0.25, 0.3) is 0 Å². The van der Waals surface area contributed by atoms with Crippen molar-refractivity contribution in [1.82, 2.24) is 19.1 Å². The number of hydrogen-bond acceptors (Lipinski definition) is 2. The first-order valence-corrected chi connectivity index (χ1v) is 21.2. The first-order valence-electron chi connectivity index (χ1n) is 21.2. The van der Waals surface area contributed by atoms with E-state index in [1.54, 1.807) is 0 Å². The Morgan fingerprint density at radius 3 is 1.56 bits per heavy atom. The highest BCUT2D eigenvalue weighted by Crippen LogP contribution is 2.40. The number of hydrogen-bond donors (Lipinski definition) is 0. The van der Waals surface area contributed by atoms with Gasteiger partial charge in [-0.1, -0.05) is 146 Å². The lowest BCUT2D eigenvalue weighted by Crippen LogP contribution is -1.98. The van der Waals surface area contributed by atoms with Crippen LogP contribution in [-0.2, 0) is 0 Å². The van der Waals surface area contributed by atoms with Crippen LogP contribution in [0.15, 0.2) is 218 Å². The molecule has 13 rings (SSSR count). The van der Waals surface area contributed by atoms with Crippen LogP contribution in [0.25, 0.3) is 121 Å². The zero-order chi connectivity index (χ0) is 40.7. The van der Waals surface area contributed by atoms with Gasteiger partial charge in [0.05, 0.1) is 33.3 Å². The number of fused-ring (bicyclic) bond motifs is 10. The third-order valence-electron chi connectivity index (χ3n) is 12.7. The molecule has 0 fully saturated rings. The van der Waals surface area contributed by atoms with Crippen molar-refractivity contribution in [3.8, 4) is 45.1 Å². The van der Waals surface area contributed by atoms with Crippen LogP contribution in [0.5, 0.6) is 0 Å². The summed E-state index contributed by atoms with van der Waals surface area (Å²) in [7, 11) is 0.